The number of nitrogens with two attached hydrogens (primary N) is 2. The van der Waals surface area contributed by atoms with Crippen LogP contribution < -0.4 is 16.2 Å². The van der Waals surface area contributed by atoms with Crippen LogP contribution in [0.1, 0.15) is 5.56 Å². The van der Waals surface area contributed by atoms with E-state index in [1.165, 1.54) is 6.07 Å². The minimum absolute atomic E-state index is 0.212. The second kappa shape index (κ2) is 5.32. The highest BCUT2D eigenvalue weighted by molar-refractivity contribution is 7.98. The van der Waals surface area contributed by atoms with Gasteiger partial charge in [0.15, 0.2) is 0 Å². The third-order valence-electron chi connectivity index (χ3n) is 1.67. The fraction of sp³-hybridized carbons (Fsp3) is 0.333. The molecule has 0 atom stereocenters. The molecule has 1 aromatic rings. The highest BCUT2D eigenvalue weighted by Gasteiger charge is 2.10. The van der Waals surface area contributed by atoms with Crippen molar-refractivity contribution in [2.24, 2.45) is 0 Å². The summed E-state index contributed by atoms with van der Waals surface area (Å²) in [4.78, 5) is 3.92. The first-order valence-corrected chi connectivity index (χ1v) is 5.66. The van der Waals surface area contributed by atoms with Crippen LogP contribution in [0.25, 0.3) is 0 Å². The molecule has 5 nitrogen and oxygen atoms in total. The topological polar surface area (TPSA) is 97.9 Å². The van der Waals surface area contributed by atoms with Crippen LogP contribution >= 0.6 is 11.8 Å². The Bertz CT molecular complexity index is 388. The number of nitrogens with zero attached hydrogens (tertiary/aromatic N) is 2. The largest absolute Gasteiger partial charge is 0.476 e. The third kappa shape index (κ3) is 2.92. The lowest BCUT2D eigenvalue weighted by Gasteiger charge is -2.08. The number of aromatic nitrogens is 1. The number of pyridine rings is 1. The monoisotopic (exact) mass is 224 g/mol. The normalized spacial score (nSPS) is 9.60. The van der Waals surface area contributed by atoms with E-state index < -0.39 is 0 Å². The lowest BCUT2D eigenvalue weighted by Crippen LogP contribution is -2.06. The molecule has 0 fully saturated rings. The molecular weight excluding hydrogens is 212 g/mol. The van der Waals surface area contributed by atoms with Crippen molar-refractivity contribution in [3.63, 3.8) is 0 Å². The predicted octanol–water partition coefficient (Wildman–Crippen LogP) is 0.859. The maximum Gasteiger partial charge on any atom is 0.235 e. The molecule has 4 N–H and O–H groups in total. The second-order valence-corrected chi connectivity index (χ2v) is 3.76. The summed E-state index contributed by atoms with van der Waals surface area (Å²) in [5.74, 6) is 1.29. The number of nitrogen functional groups attached to an aromatic ring is 2. The van der Waals surface area contributed by atoms with Crippen LogP contribution in [-0.4, -0.2) is 23.6 Å². The van der Waals surface area contributed by atoms with E-state index in [1.54, 1.807) is 11.8 Å². The van der Waals surface area contributed by atoms with Crippen molar-refractivity contribution < 1.29 is 4.74 Å². The molecule has 0 saturated heterocycles. The molecule has 0 amide bonds. The first kappa shape index (κ1) is 11.5. The zero-order chi connectivity index (χ0) is 11.3. The van der Waals surface area contributed by atoms with Crippen LogP contribution in [0.2, 0.25) is 0 Å². The Balaban J connectivity index is 2.90. The molecule has 80 valence electrons. The first-order chi connectivity index (χ1) is 7.19. The van der Waals surface area contributed by atoms with Crippen molar-refractivity contribution in [1.82, 2.24) is 4.98 Å². The molecule has 0 unspecified atom stereocenters. The van der Waals surface area contributed by atoms with Crippen LogP contribution in [0.15, 0.2) is 6.07 Å². The molecule has 0 aromatic carbocycles. The van der Waals surface area contributed by atoms with Gasteiger partial charge in [-0.15, -0.1) is 0 Å². The van der Waals surface area contributed by atoms with Gasteiger partial charge in [0.05, 0.1) is 12.3 Å². The Kier molecular flexibility index (Phi) is 4.06. The van der Waals surface area contributed by atoms with Crippen molar-refractivity contribution in [3.05, 3.63) is 11.6 Å². The Hall–Kier alpha value is -1.61. The Morgan fingerprint density at radius 3 is 2.93 bits per heavy atom. The van der Waals surface area contributed by atoms with E-state index in [0.717, 1.165) is 5.75 Å². The zero-order valence-corrected chi connectivity index (χ0v) is 9.17. The number of hydrogen-bond acceptors (Lipinski definition) is 6. The van der Waals surface area contributed by atoms with Crippen molar-refractivity contribution in [3.8, 4) is 11.9 Å². The van der Waals surface area contributed by atoms with E-state index in [4.69, 9.17) is 21.5 Å². The molecule has 0 aliphatic carbocycles. The molecular formula is C9H12N4OS. The standard InChI is InChI=1S/C9H12N4OS/c1-15-3-2-14-9-6(5-10)7(11)4-8(12)13-9/h4H,2-3H2,1H3,(H4,11,12,13). The van der Waals surface area contributed by atoms with Gasteiger partial charge < -0.3 is 16.2 Å². The van der Waals surface area contributed by atoms with Gasteiger partial charge in [0.2, 0.25) is 5.88 Å². The number of ether oxygens (including phenoxy) is 1. The van der Waals surface area contributed by atoms with Gasteiger partial charge in [-0.3, -0.25) is 0 Å². The minimum atomic E-state index is 0.212. The number of nitriles is 1. The Labute approximate surface area is 92.4 Å². The lowest BCUT2D eigenvalue weighted by molar-refractivity contribution is 0.330. The van der Waals surface area contributed by atoms with Crippen LogP contribution in [-0.2, 0) is 0 Å². The third-order valence-corrected chi connectivity index (χ3v) is 2.25. The summed E-state index contributed by atoms with van der Waals surface area (Å²) < 4.78 is 5.32. The van der Waals surface area contributed by atoms with Gasteiger partial charge in [-0.05, 0) is 6.26 Å². The zero-order valence-electron chi connectivity index (χ0n) is 8.36. The van der Waals surface area contributed by atoms with Crippen molar-refractivity contribution >= 4 is 23.3 Å². The van der Waals surface area contributed by atoms with E-state index in [9.17, 15) is 0 Å². The van der Waals surface area contributed by atoms with Gasteiger partial charge in [0, 0.05) is 11.8 Å². The SMILES string of the molecule is CSCCOc1nc(N)cc(N)c1C#N. The molecule has 6 heteroatoms. The van der Waals surface area contributed by atoms with E-state index in [0.29, 0.717) is 12.3 Å². The summed E-state index contributed by atoms with van der Waals surface area (Å²) in [6.45, 7) is 0.478. The summed E-state index contributed by atoms with van der Waals surface area (Å²) >= 11 is 1.64. The van der Waals surface area contributed by atoms with Gasteiger partial charge in [-0.1, -0.05) is 0 Å². The molecule has 1 aromatic heterocycles. The van der Waals surface area contributed by atoms with E-state index >= 15 is 0 Å². The highest BCUT2D eigenvalue weighted by atomic mass is 32.2. The summed E-state index contributed by atoms with van der Waals surface area (Å²) in [5, 5.41) is 8.85. The second-order valence-electron chi connectivity index (χ2n) is 2.77. The van der Waals surface area contributed by atoms with Crippen LogP contribution in [0.5, 0.6) is 5.88 Å². The van der Waals surface area contributed by atoms with Crippen molar-refractivity contribution in [2.45, 2.75) is 0 Å². The molecule has 0 bridgehead atoms. The Morgan fingerprint density at radius 1 is 1.60 bits per heavy atom. The lowest BCUT2D eigenvalue weighted by atomic mass is 10.2. The highest BCUT2D eigenvalue weighted by Crippen LogP contribution is 2.23. The van der Waals surface area contributed by atoms with Crippen molar-refractivity contribution in [1.29, 1.82) is 5.26 Å². The smallest absolute Gasteiger partial charge is 0.235 e. The predicted molar refractivity (Wildman–Crippen MR) is 61.7 cm³/mol. The van der Waals surface area contributed by atoms with Crippen LogP contribution in [0.3, 0.4) is 0 Å². The molecule has 1 heterocycles. The average molecular weight is 224 g/mol. The van der Waals surface area contributed by atoms with E-state index in [1.807, 2.05) is 12.3 Å². The number of rotatable bonds is 4. The molecule has 0 aliphatic rings. The maximum atomic E-state index is 8.85. The number of hydrogen-bond donors (Lipinski definition) is 2. The van der Waals surface area contributed by atoms with E-state index in [2.05, 4.69) is 4.98 Å². The van der Waals surface area contributed by atoms with E-state index in [-0.39, 0.29) is 17.3 Å². The minimum Gasteiger partial charge on any atom is -0.476 e. The quantitative estimate of drug-likeness (QED) is 0.736. The average Bonchev–Trinajstić information content (AvgIpc) is 2.17. The molecule has 0 aliphatic heterocycles. The first-order valence-electron chi connectivity index (χ1n) is 4.27. The van der Waals surface area contributed by atoms with Gasteiger partial charge in [-0.2, -0.15) is 22.0 Å². The number of anilines is 2. The van der Waals surface area contributed by atoms with Crippen molar-refractivity contribution in [2.75, 3.05) is 30.1 Å². The molecule has 0 saturated carbocycles. The summed E-state index contributed by atoms with van der Waals surface area (Å²) in [6.07, 6.45) is 1.97. The molecule has 1 rings (SSSR count). The molecule has 0 spiro atoms. The Morgan fingerprint density at radius 2 is 2.33 bits per heavy atom. The fourth-order valence-corrected chi connectivity index (χ4v) is 1.25. The summed E-state index contributed by atoms with van der Waals surface area (Å²) in [5.41, 5.74) is 11.6. The van der Waals surface area contributed by atoms with Gasteiger partial charge >= 0.3 is 0 Å². The van der Waals surface area contributed by atoms with Gasteiger partial charge in [0.1, 0.15) is 17.5 Å². The molecule has 0 radical (unpaired) electrons. The van der Waals surface area contributed by atoms with Gasteiger partial charge in [-0.25, -0.2) is 0 Å². The fourth-order valence-electron chi connectivity index (χ4n) is 0.999. The summed E-state index contributed by atoms with van der Waals surface area (Å²) in [7, 11) is 0. The maximum absolute atomic E-state index is 8.85. The van der Waals surface area contributed by atoms with Crippen LogP contribution in [0.4, 0.5) is 11.5 Å². The number of thioether (sulfide) groups is 1. The van der Waals surface area contributed by atoms with Gasteiger partial charge in [0.25, 0.3) is 0 Å². The molecule has 15 heavy (non-hydrogen) atoms. The summed E-state index contributed by atoms with van der Waals surface area (Å²) in [6, 6.07) is 3.39. The van der Waals surface area contributed by atoms with Crippen LogP contribution in [0, 0.1) is 11.3 Å².